The number of carbonyl (C=O) groups excluding carboxylic acids is 2. The molecule has 1 aliphatic rings. The molecule has 0 radical (unpaired) electrons. The third kappa shape index (κ3) is 6.05. The lowest BCUT2D eigenvalue weighted by Gasteiger charge is -2.33. The number of halogens is 2. The summed E-state index contributed by atoms with van der Waals surface area (Å²) >= 11 is 0. The minimum atomic E-state index is -1.35. The highest BCUT2D eigenvalue weighted by molar-refractivity contribution is 6.08. The number of nitrogens with zero attached hydrogens (tertiary/aromatic N) is 5. The number of rotatable bonds is 9. The molecule has 2 amide bonds. The Morgan fingerprint density at radius 1 is 1.23 bits per heavy atom. The smallest absolute Gasteiger partial charge is 0.316 e. The maximum Gasteiger partial charge on any atom is 0.316 e. The first-order chi connectivity index (χ1) is 17.0. The third-order valence-electron chi connectivity index (χ3n) is 5.19. The van der Waals surface area contributed by atoms with Crippen LogP contribution in [0.4, 0.5) is 20.5 Å². The van der Waals surface area contributed by atoms with E-state index >= 15 is 0 Å². The van der Waals surface area contributed by atoms with Gasteiger partial charge in [0.2, 0.25) is 0 Å². The molecule has 184 valence electrons. The molecule has 1 aliphatic heterocycles. The summed E-state index contributed by atoms with van der Waals surface area (Å²) in [6, 6.07) is 3.29. The molecule has 13 heteroatoms. The summed E-state index contributed by atoms with van der Waals surface area (Å²) in [5, 5.41) is 5.15. The first kappa shape index (κ1) is 24.0. The van der Waals surface area contributed by atoms with Gasteiger partial charge in [0, 0.05) is 44.3 Å². The number of alkyl halides is 2. The van der Waals surface area contributed by atoms with Gasteiger partial charge in [-0.15, -0.1) is 0 Å². The van der Waals surface area contributed by atoms with Gasteiger partial charge in [0.25, 0.3) is 17.8 Å². The Morgan fingerprint density at radius 2 is 2.06 bits per heavy atom. The molecule has 4 heterocycles. The van der Waals surface area contributed by atoms with Crippen LogP contribution in [-0.2, 0) is 0 Å². The average molecular weight is 487 g/mol. The Kier molecular flexibility index (Phi) is 7.75. The van der Waals surface area contributed by atoms with Gasteiger partial charge in [0.15, 0.2) is 11.9 Å². The van der Waals surface area contributed by atoms with Crippen molar-refractivity contribution >= 4 is 23.5 Å². The summed E-state index contributed by atoms with van der Waals surface area (Å²) in [5.74, 6) is -1.12. The fourth-order valence-electron chi connectivity index (χ4n) is 3.42. The highest BCUT2D eigenvalue weighted by atomic mass is 19.1. The molecule has 3 aromatic heterocycles. The number of piperidine rings is 1. The highest BCUT2D eigenvalue weighted by Gasteiger charge is 2.33. The molecule has 2 atom stereocenters. The van der Waals surface area contributed by atoms with E-state index in [1.807, 2.05) is 0 Å². The topological polar surface area (TPSA) is 135 Å². The van der Waals surface area contributed by atoms with Gasteiger partial charge in [-0.1, -0.05) is 0 Å². The highest BCUT2D eigenvalue weighted by Crippen LogP contribution is 2.24. The van der Waals surface area contributed by atoms with Gasteiger partial charge in [-0.25, -0.2) is 14.4 Å². The van der Waals surface area contributed by atoms with E-state index in [0.717, 1.165) is 6.26 Å². The van der Waals surface area contributed by atoms with E-state index in [0.29, 0.717) is 13.0 Å². The van der Waals surface area contributed by atoms with Crippen LogP contribution in [0, 0.1) is 0 Å². The summed E-state index contributed by atoms with van der Waals surface area (Å²) in [7, 11) is 0. The zero-order valence-corrected chi connectivity index (χ0v) is 18.6. The van der Waals surface area contributed by atoms with E-state index < -0.39 is 30.8 Å². The number of carbonyl (C=O) groups is 2. The Morgan fingerprint density at radius 3 is 2.83 bits per heavy atom. The molecule has 11 nitrogen and oxygen atoms in total. The molecule has 0 aromatic carbocycles. The number of ether oxygens (including phenoxy) is 1. The van der Waals surface area contributed by atoms with Gasteiger partial charge >= 0.3 is 6.01 Å². The second-order valence-corrected chi connectivity index (χ2v) is 7.63. The Hall–Kier alpha value is -4.16. The van der Waals surface area contributed by atoms with Crippen molar-refractivity contribution in [1.82, 2.24) is 25.3 Å². The molecule has 1 fully saturated rings. The van der Waals surface area contributed by atoms with Crippen molar-refractivity contribution in [2.24, 2.45) is 0 Å². The van der Waals surface area contributed by atoms with Gasteiger partial charge in [0.05, 0.1) is 24.5 Å². The number of nitrogens with one attached hydrogen (secondary N) is 2. The number of anilines is 2. The Labute approximate surface area is 198 Å². The summed E-state index contributed by atoms with van der Waals surface area (Å²) < 4.78 is 37.9. The number of oxazole rings is 1. The molecule has 3 aromatic rings. The van der Waals surface area contributed by atoms with Crippen molar-refractivity contribution in [3.8, 4) is 6.01 Å². The van der Waals surface area contributed by atoms with Crippen LogP contribution in [0.15, 0.2) is 47.6 Å². The molecule has 0 bridgehead atoms. The first-order valence-corrected chi connectivity index (χ1v) is 10.9. The summed E-state index contributed by atoms with van der Waals surface area (Å²) in [6.07, 6.45) is 5.33. The van der Waals surface area contributed by atoms with Crippen LogP contribution in [0.2, 0.25) is 0 Å². The van der Waals surface area contributed by atoms with E-state index in [1.54, 1.807) is 11.0 Å². The third-order valence-corrected chi connectivity index (χ3v) is 5.19. The van der Waals surface area contributed by atoms with Crippen LogP contribution in [0.5, 0.6) is 6.01 Å². The maximum absolute atomic E-state index is 14.7. The second-order valence-electron chi connectivity index (χ2n) is 7.63. The monoisotopic (exact) mass is 487 g/mol. The fraction of sp³-hybridized carbons (Fsp3) is 0.364. The number of hydrogen-bond donors (Lipinski definition) is 2. The number of hydrogen-bond acceptors (Lipinski definition) is 9. The lowest BCUT2D eigenvalue weighted by molar-refractivity contribution is 0.0723. The predicted octanol–water partition coefficient (Wildman–Crippen LogP) is 2.20. The average Bonchev–Trinajstić information content (AvgIpc) is 3.37. The van der Waals surface area contributed by atoms with E-state index in [1.165, 1.54) is 30.9 Å². The van der Waals surface area contributed by atoms with E-state index in [9.17, 15) is 18.4 Å². The minimum Gasteiger partial charge on any atom is -0.457 e. The van der Waals surface area contributed by atoms with Gasteiger partial charge in [-0.3, -0.25) is 19.0 Å². The molecule has 0 spiro atoms. The largest absolute Gasteiger partial charge is 0.457 e. The molecule has 0 saturated carbocycles. The van der Waals surface area contributed by atoms with Gasteiger partial charge in [-0.2, -0.15) is 4.98 Å². The molecule has 1 saturated heterocycles. The van der Waals surface area contributed by atoms with Crippen LogP contribution in [0.3, 0.4) is 0 Å². The lowest BCUT2D eigenvalue weighted by Crippen LogP contribution is -2.47. The quantitative estimate of drug-likeness (QED) is 0.435. The zero-order chi connectivity index (χ0) is 24.6. The standard InChI is InChI=1S/C22H23F2N7O4/c23-5-1-6-26-19(32)14-11-25-9-3-16(14)29-20(33)17-13-34-22(30-17)31-10-4-18(15(24)12-31)35-21-27-7-2-8-28-21/h2-3,7-9,11,13,15,18H,1,4-6,10,12H2,(H,26,32)(H,25,29,33)/t15-,18+/m0/s1. The SMILES string of the molecule is O=C(Nc1ccncc1C(=O)NCCCF)c1coc(N2CC[C@@H](Oc3ncccn3)[C@@H](F)C2)n1. The zero-order valence-electron chi connectivity index (χ0n) is 18.6. The normalized spacial score (nSPS) is 17.6. The number of pyridine rings is 1. The van der Waals surface area contributed by atoms with Crippen LogP contribution in [0.25, 0.3) is 0 Å². The van der Waals surface area contributed by atoms with Crippen molar-refractivity contribution in [3.05, 3.63) is 54.4 Å². The van der Waals surface area contributed by atoms with Gasteiger partial charge < -0.3 is 24.7 Å². The summed E-state index contributed by atoms with van der Waals surface area (Å²) in [6.45, 7) is -0.0691. The molecule has 2 N–H and O–H groups in total. The Bertz CT molecular complexity index is 1150. The molecule has 35 heavy (non-hydrogen) atoms. The molecule has 4 rings (SSSR count). The maximum atomic E-state index is 14.7. The van der Waals surface area contributed by atoms with Crippen LogP contribution in [0.1, 0.15) is 33.7 Å². The van der Waals surface area contributed by atoms with Crippen molar-refractivity contribution in [3.63, 3.8) is 0 Å². The first-order valence-electron chi connectivity index (χ1n) is 10.9. The van der Waals surface area contributed by atoms with Crippen LogP contribution in [-0.4, -0.2) is 70.3 Å². The molecule has 0 aliphatic carbocycles. The van der Waals surface area contributed by atoms with Gasteiger partial charge in [0.1, 0.15) is 12.4 Å². The lowest BCUT2D eigenvalue weighted by atomic mass is 10.1. The molecular weight excluding hydrogens is 464 g/mol. The van der Waals surface area contributed by atoms with E-state index in [-0.39, 0.29) is 48.5 Å². The van der Waals surface area contributed by atoms with Crippen molar-refractivity contribution in [2.45, 2.75) is 25.1 Å². The van der Waals surface area contributed by atoms with E-state index in [4.69, 9.17) is 9.15 Å². The van der Waals surface area contributed by atoms with Crippen molar-refractivity contribution in [2.75, 3.05) is 36.5 Å². The number of aromatic nitrogens is 4. The molecule has 0 unspecified atom stereocenters. The second kappa shape index (κ2) is 11.3. The predicted molar refractivity (Wildman–Crippen MR) is 120 cm³/mol. The fourth-order valence-corrected chi connectivity index (χ4v) is 3.42. The van der Waals surface area contributed by atoms with Crippen molar-refractivity contribution in [1.29, 1.82) is 0 Å². The summed E-state index contributed by atoms with van der Waals surface area (Å²) in [4.78, 5) is 42.6. The minimum absolute atomic E-state index is 0.0490. The summed E-state index contributed by atoms with van der Waals surface area (Å²) in [5.41, 5.74) is 0.275. The van der Waals surface area contributed by atoms with Crippen molar-refractivity contribution < 1.29 is 27.5 Å². The Balaban J connectivity index is 1.36. The van der Waals surface area contributed by atoms with Gasteiger partial charge in [-0.05, 0) is 18.6 Å². The molecular formula is C22H23F2N7O4. The van der Waals surface area contributed by atoms with Crippen LogP contribution >= 0.6 is 0 Å². The van der Waals surface area contributed by atoms with E-state index in [2.05, 4.69) is 30.6 Å². The van der Waals surface area contributed by atoms with Crippen LogP contribution < -0.4 is 20.3 Å². The number of amides is 2.